The molecule has 3 heterocycles. The molecule has 1 aliphatic heterocycles. The normalized spacial score (nSPS) is 14.4. The van der Waals surface area contributed by atoms with E-state index in [1.807, 2.05) is 13.8 Å². The molecule has 2 aromatic carbocycles. The maximum absolute atomic E-state index is 14.4. The van der Waals surface area contributed by atoms with Crippen molar-refractivity contribution in [3.63, 3.8) is 0 Å². The molecular weight excluding hydrogens is 645 g/mol. The number of aromatic amines is 1. The molecule has 0 spiro atoms. The Morgan fingerprint density at radius 2 is 1.87 bits per heavy atom. The molecule has 0 unspecified atom stereocenters. The van der Waals surface area contributed by atoms with Crippen LogP contribution in [0.4, 0.5) is 5.69 Å². The number of rotatable bonds is 10. The van der Waals surface area contributed by atoms with Crippen LogP contribution in [0.1, 0.15) is 43.6 Å². The van der Waals surface area contributed by atoms with E-state index in [4.69, 9.17) is 14.5 Å². The van der Waals surface area contributed by atoms with Crippen LogP contribution in [0.2, 0.25) is 0 Å². The van der Waals surface area contributed by atoms with Crippen LogP contribution in [0.5, 0.6) is 11.5 Å². The van der Waals surface area contributed by atoms with Crippen LogP contribution >= 0.6 is 23.1 Å². The lowest BCUT2D eigenvalue weighted by Crippen LogP contribution is -2.43. The Labute approximate surface area is 277 Å². The number of allylic oxidation sites excluding steroid dienone is 1. The highest BCUT2D eigenvalue weighted by Crippen LogP contribution is 2.38. The second kappa shape index (κ2) is 13.8. The predicted molar refractivity (Wildman–Crippen MR) is 178 cm³/mol. The molecule has 0 fully saturated rings. The number of H-pyrrole nitrogens is 1. The van der Waals surface area contributed by atoms with Gasteiger partial charge in [0, 0.05) is 47.4 Å². The lowest BCUT2D eigenvalue weighted by molar-refractivity contribution is -0.384. The van der Waals surface area contributed by atoms with Gasteiger partial charge in [-0.3, -0.25) is 29.1 Å². The highest BCUT2D eigenvalue weighted by molar-refractivity contribution is 7.99. The fraction of sp³-hybridized carbons (Fsp3) is 0.281. The van der Waals surface area contributed by atoms with E-state index in [0.29, 0.717) is 67.5 Å². The number of non-ortho nitro benzene ring substituents is 1. The van der Waals surface area contributed by atoms with Crippen molar-refractivity contribution in [2.24, 2.45) is 4.99 Å². The lowest BCUT2D eigenvalue weighted by atomic mass is 9.93. The zero-order chi connectivity index (χ0) is 34.0. The molecule has 1 aliphatic rings. The van der Waals surface area contributed by atoms with Crippen LogP contribution in [-0.2, 0) is 4.79 Å². The van der Waals surface area contributed by atoms with Gasteiger partial charge in [-0.2, -0.15) is 0 Å². The van der Waals surface area contributed by atoms with Crippen molar-refractivity contribution in [1.29, 1.82) is 0 Å². The number of carbonyl (C=O) groups excluding carboxylic acids is 1. The summed E-state index contributed by atoms with van der Waals surface area (Å²) in [7, 11) is 3.03. The van der Waals surface area contributed by atoms with Gasteiger partial charge < -0.3 is 19.4 Å². The number of nitro benzene ring substituents is 1. The number of methoxy groups -OCH3 is 2. The van der Waals surface area contributed by atoms with Gasteiger partial charge in [-0.25, -0.2) is 9.98 Å². The number of aryl methyl sites for hydroxylation is 1. The Morgan fingerprint density at radius 1 is 1.13 bits per heavy atom. The molecule has 244 valence electrons. The van der Waals surface area contributed by atoms with Crippen molar-refractivity contribution in [2.45, 2.75) is 43.8 Å². The molecule has 47 heavy (non-hydrogen) atoms. The number of ether oxygens (including phenoxy) is 2. The Balaban J connectivity index is 1.77. The van der Waals surface area contributed by atoms with Crippen molar-refractivity contribution in [3.05, 3.63) is 111 Å². The second-order valence-electron chi connectivity index (χ2n) is 10.4. The number of hydrogen-bond donors (Lipinski definition) is 1. The number of carbonyl (C=O) groups is 1. The first kappa shape index (κ1) is 33.3. The minimum absolute atomic E-state index is 0.180. The number of aromatic nitrogens is 3. The molecule has 0 saturated carbocycles. The van der Waals surface area contributed by atoms with E-state index < -0.39 is 16.5 Å². The molecule has 1 amide bonds. The molecule has 4 aromatic rings. The minimum Gasteiger partial charge on any atom is -0.497 e. The maximum atomic E-state index is 14.4. The van der Waals surface area contributed by atoms with E-state index in [9.17, 15) is 24.5 Å². The van der Waals surface area contributed by atoms with Gasteiger partial charge in [0.1, 0.15) is 17.5 Å². The van der Waals surface area contributed by atoms with E-state index >= 15 is 0 Å². The largest absolute Gasteiger partial charge is 0.497 e. The van der Waals surface area contributed by atoms with Gasteiger partial charge in [0.25, 0.3) is 22.7 Å². The number of hydrogen-bond acceptors (Lipinski definition) is 11. The van der Waals surface area contributed by atoms with E-state index in [1.54, 1.807) is 49.1 Å². The topological polar surface area (TPSA) is 162 Å². The average molecular weight is 677 g/mol. The van der Waals surface area contributed by atoms with Gasteiger partial charge in [0.05, 0.1) is 34.9 Å². The van der Waals surface area contributed by atoms with Gasteiger partial charge in [-0.15, -0.1) is 0 Å². The molecule has 1 N–H and O–H groups in total. The van der Waals surface area contributed by atoms with Crippen LogP contribution in [0.25, 0.3) is 6.08 Å². The summed E-state index contributed by atoms with van der Waals surface area (Å²) < 4.78 is 12.9. The first-order chi connectivity index (χ1) is 22.5. The van der Waals surface area contributed by atoms with E-state index in [2.05, 4.69) is 9.97 Å². The summed E-state index contributed by atoms with van der Waals surface area (Å²) in [6, 6.07) is 9.88. The fourth-order valence-corrected chi connectivity index (χ4v) is 7.28. The summed E-state index contributed by atoms with van der Waals surface area (Å²) in [4.78, 5) is 65.9. The molecule has 13 nitrogen and oxygen atoms in total. The molecule has 1 atom stereocenters. The summed E-state index contributed by atoms with van der Waals surface area (Å²) in [5.74, 6) is 0.688. The quantitative estimate of drug-likeness (QED) is 0.150. The molecule has 2 aromatic heterocycles. The SMILES string of the molecule is CCN(CC)C(=O)C1=C(C)N=c2s/c(=C\c3cc([N+](=O)[O-])ccc3Sc3nc(C)cc(=O)[nH]3)c(=O)n2[C@@H]1c1cc(OC)ccc1OC. The molecule has 0 saturated heterocycles. The lowest BCUT2D eigenvalue weighted by Gasteiger charge is -2.30. The second-order valence-corrected chi connectivity index (χ2v) is 12.5. The van der Waals surface area contributed by atoms with Gasteiger partial charge >= 0.3 is 0 Å². The monoisotopic (exact) mass is 676 g/mol. The molecule has 0 radical (unpaired) electrons. The minimum atomic E-state index is -0.910. The number of benzene rings is 2. The van der Waals surface area contributed by atoms with Crippen molar-refractivity contribution < 1.29 is 19.2 Å². The fourth-order valence-electron chi connectivity index (χ4n) is 5.32. The number of thiazole rings is 1. The van der Waals surface area contributed by atoms with Crippen molar-refractivity contribution in [1.82, 2.24) is 19.4 Å². The van der Waals surface area contributed by atoms with Gasteiger partial charge in [0.15, 0.2) is 9.96 Å². The van der Waals surface area contributed by atoms with Crippen molar-refractivity contribution in [2.75, 3.05) is 27.3 Å². The molecule has 0 aliphatic carbocycles. The summed E-state index contributed by atoms with van der Waals surface area (Å²) >= 11 is 2.20. The zero-order valence-corrected chi connectivity index (χ0v) is 28.2. The summed E-state index contributed by atoms with van der Waals surface area (Å²) in [5, 5.41) is 12.0. The maximum Gasteiger partial charge on any atom is 0.271 e. The average Bonchev–Trinajstić information content (AvgIpc) is 3.34. The highest BCUT2D eigenvalue weighted by atomic mass is 32.2. The number of amides is 1. The predicted octanol–water partition coefficient (Wildman–Crippen LogP) is 3.57. The van der Waals surface area contributed by atoms with Gasteiger partial charge in [-0.1, -0.05) is 23.1 Å². The number of nitrogens with zero attached hydrogens (tertiary/aromatic N) is 5. The van der Waals surface area contributed by atoms with Gasteiger partial charge in [0.2, 0.25) is 0 Å². The van der Waals surface area contributed by atoms with Crippen LogP contribution < -0.4 is 29.9 Å². The van der Waals surface area contributed by atoms with E-state index in [-0.39, 0.29) is 21.7 Å². The Hall–Kier alpha value is -5.02. The molecule has 15 heteroatoms. The van der Waals surface area contributed by atoms with Crippen LogP contribution in [-0.4, -0.2) is 57.6 Å². The molecular formula is C32H32N6O7S2. The van der Waals surface area contributed by atoms with Crippen LogP contribution in [0.15, 0.2) is 78.4 Å². The Kier molecular flexibility index (Phi) is 9.77. The number of nitrogens with one attached hydrogen (secondary N) is 1. The summed E-state index contributed by atoms with van der Waals surface area (Å²) in [6.07, 6.45) is 1.55. The summed E-state index contributed by atoms with van der Waals surface area (Å²) in [5.41, 5.74) is 1.20. The first-order valence-corrected chi connectivity index (χ1v) is 16.2. The third kappa shape index (κ3) is 6.62. The van der Waals surface area contributed by atoms with Crippen LogP contribution in [0, 0.1) is 17.0 Å². The molecule has 5 rings (SSSR count). The standard InChI is InChI=1S/C32H32N6O7S2/c1-7-36(8-2)30(41)27-18(4)34-32-37(28(27)22-16-21(44-5)10-11-23(22)45-6)29(40)25(47-32)15-19-14-20(38(42)43)9-12-24(19)46-31-33-17(3)13-26(39)35-31/h9-16,28H,7-8H2,1-6H3,(H,33,35,39)/b25-15-/t28-/m1/s1. The van der Waals surface area contributed by atoms with E-state index in [1.165, 1.54) is 37.0 Å². The first-order valence-electron chi connectivity index (χ1n) is 14.6. The van der Waals surface area contributed by atoms with Crippen LogP contribution in [0.3, 0.4) is 0 Å². The Bertz CT molecular complexity index is 2170. The zero-order valence-electron chi connectivity index (χ0n) is 26.5. The smallest absolute Gasteiger partial charge is 0.271 e. The molecule has 0 bridgehead atoms. The third-order valence-corrected chi connectivity index (χ3v) is 9.54. The van der Waals surface area contributed by atoms with Crippen molar-refractivity contribution in [3.8, 4) is 11.5 Å². The number of likely N-dealkylation sites (N-methyl/N-ethyl adjacent to an activating group) is 1. The summed E-state index contributed by atoms with van der Waals surface area (Å²) in [6.45, 7) is 8.08. The number of nitro groups is 1. The van der Waals surface area contributed by atoms with Gasteiger partial charge in [-0.05, 0) is 63.6 Å². The van der Waals surface area contributed by atoms with Crippen molar-refractivity contribution >= 4 is 40.8 Å². The Morgan fingerprint density at radius 3 is 2.51 bits per heavy atom. The third-order valence-electron chi connectivity index (χ3n) is 7.58. The number of fused-ring (bicyclic) bond motifs is 1. The highest BCUT2D eigenvalue weighted by Gasteiger charge is 2.36. The van der Waals surface area contributed by atoms with E-state index in [0.717, 1.165) is 23.1 Å².